The molecular formula is C12H18O3. The first-order chi connectivity index (χ1) is 7.19. The van der Waals surface area contributed by atoms with Crippen molar-refractivity contribution >= 4 is 0 Å². The normalized spacial score (nSPS) is 12.3. The van der Waals surface area contributed by atoms with Crippen LogP contribution in [0.15, 0.2) is 18.2 Å². The van der Waals surface area contributed by atoms with Crippen molar-refractivity contribution in [3.8, 4) is 11.5 Å². The number of benzene rings is 1. The smallest absolute Gasteiger partial charge is 0.128 e. The van der Waals surface area contributed by atoms with E-state index in [1.54, 1.807) is 20.1 Å². The van der Waals surface area contributed by atoms with Crippen molar-refractivity contribution in [3.63, 3.8) is 0 Å². The summed E-state index contributed by atoms with van der Waals surface area (Å²) in [5, 5.41) is 9.55. The summed E-state index contributed by atoms with van der Waals surface area (Å²) < 4.78 is 10.7. The van der Waals surface area contributed by atoms with Gasteiger partial charge in [0.05, 0.1) is 19.8 Å². The van der Waals surface area contributed by atoms with Gasteiger partial charge in [0.25, 0.3) is 0 Å². The molecule has 1 aromatic carbocycles. The van der Waals surface area contributed by atoms with Crippen LogP contribution in [-0.2, 0) is 0 Å². The van der Waals surface area contributed by atoms with Gasteiger partial charge in [-0.1, -0.05) is 6.92 Å². The molecule has 1 N–H and O–H groups in total. The summed E-state index contributed by atoms with van der Waals surface area (Å²) in [6.07, 6.45) is 0.416. The van der Waals surface area contributed by atoms with Crippen LogP contribution in [0.2, 0.25) is 0 Å². The van der Waals surface area contributed by atoms with E-state index in [9.17, 15) is 5.11 Å². The van der Waals surface area contributed by atoms with Crippen molar-refractivity contribution < 1.29 is 14.6 Å². The Morgan fingerprint density at radius 2 is 2.13 bits per heavy atom. The van der Waals surface area contributed by atoms with E-state index in [0.717, 1.165) is 17.7 Å². The van der Waals surface area contributed by atoms with Crippen molar-refractivity contribution in [1.82, 2.24) is 0 Å². The van der Waals surface area contributed by atoms with Gasteiger partial charge >= 0.3 is 0 Å². The van der Waals surface area contributed by atoms with Crippen LogP contribution in [0.4, 0.5) is 0 Å². The monoisotopic (exact) mass is 210 g/mol. The lowest BCUT2D eigenvalue weighted by Gasteiger charge is -2.14. The molecular weight excluding hydrogens is 192 g/mol. The number of aliphatic hydroxyl groups is 1. The van der Waals surface area contributed by atoms with Crippen molar-refractivity contribution in [2.45, 2.75) is 26.4 Å². The van der Waals surface area contributed by atoms with E-state index in [1.165, 1.54) is 0 Å². The van der Waals surface area contributed by atoms with Gasteiger partial charge < -0.3 is 14.6 Å². The fourth-order valence-corrected chi connectivity index (χ4v) is 1.32. The van der Waals surface area contributed by atoms with Gasteiger partial charge in [-0.05, 0) is 25.5 Å². The first kappa shape index (κ1) is 11.9. The van der Waals surface area contributed by atoms with E-state index in [0.29, 0.717) is 12.4 Å². The molecule has 0 aromatic heterocycles. The zero-order valence-electron chi connectivity index (χ0n) is 9.49. The topological polar surface area (TPSA) is 38.7 Å². The molecule has 3 heteroatoms. The average molecular weight is 210 g/mol. The summed E-state index contributed by atoms with van der Waals surface area (Å²) in [5.41, 5.74) is 0.796. The summed E-state index contributed by atoms with van der Waals surface area (Å²) in [6, 6.07) is 5.45. The molecule has 0 fully saturated rings. The van der Waals surface area contributed by atoms with E-state index in [-0.39, 0.29) is 0 Å². The molecule has 1 aromatic rings. The van der Waals surface area contributed by atoms with Gasteiger partial charge in [0.15, 0.2) is 0 Å². The Hall–Kier alpha value is -1.22. The molecule has 0 unspecified atom stereocenters. The minimum Gasteiger partial charge on any atom is -0.497 e. The highest BCUT2D eigenvalue weighted by molar-refractivity contribution is 5.41. The standard InChI is InChI=1S/C12H18O3/c1-4-7-15-12-8-10(14-3)5-6-11(12)9(2)13/h5-6,8-9,13H,4,7H2,1-3H3/t9-/m0/s1. The van der Waals surface area contributed by atoms with Crippen molar-refractivity contribution in [2.75, 3.05) is 13.7 Å². The van der Waals surface area contributed by atoms with Crippen LogP contribution in [0.25, 0.3) is 0 Å². The van der Waals surface area contributed by atoms with E-state index in [4.69, 9.17) is 9.47 Å². The van der Waals surface area contributed by atoms with Crippen LogP contribution in [0.5, 0.6) is 11.5 Å². The number of hydrogen-bond acceptors (Lipinski definition) is 3. The van der Waals surface area contributed by atoms with Crippen molar-refractivity contribution in [1.29, 1.82) is 0 Å². The zero-order valence-corrected chi connectivity index (χ0v) is 9.49. The highest BCUT2D eigenvalue weighted by Crippen LogP contribution is 2.29. The SMILES string of the molecule is CCCOc1cc(OC)ccc1[C@H](C)O. The summed E-state index contributed by atoms with van der Waals surface area (Å²) in [5.74, 6) is 1.44. The molecule has 0 saturated carbocycles. The maximum Gasteiger partial charge on any atom is 0.128 e. The third-order valence-corrected chi connectivity index (χ3v) is 2.13. The van der Waals surface area contributed by atoms with Gasteiger partial charge in [-0.25, -0.2) is 0 Å². The van der Waals surface area contributed by atoms with Gasteiger partial charge in [-0.3, -0.25) is 0 Å². The molecule has 0 saturated heterocycles. The summed E-state index contributed by atoms with van der Waals surface area (Å²) in [7, 11) is 1.61. The lowest BCUT2D eigenvalue weighted by molar-refractivity contribution is 0.191. The third kappa shape index (κ3) is 3.13. The first-order valence-corrected chi connectivity index (χ1v) is 5.17. The fourth-order valence-electron chi connectivity index (χ4n) is 1.32. The second-order valence-electron chi connectivity index (χ2n) is 3.43. The quantitative estimate of drug-likeness (QED) is 0.811. The molecule has 0 bridgehead atoms. The Bertz CT molecular complexity index is 308. The molecule has 84 valence electrons. The van der Waals surface area contributed by atoms with Crippen LogP contribution in [0, 0.1) is 0 Å². The van der Waals surface area contributed by atoms with Crippen LogP contribution < -0.4 is 9.47 Å². The maximum atomic E-state index is 9.55. The van der Waals surface area contributed by atoms with E-state index in [2.05, 4.69) is 0 Å². The lowest BCUT2D eigenvalue weighted by Crippen LogP contribution is -2.01. The molecule has 0 heterocycles. The zero-order chi connectivity index (χ0) is 11.3. The number of rotatable bonds is 5. The number of ether oxygens (including phenoxy) is 2. The van der Waals surface area contributed by atoms with Gasteiger partial charge in [0, 0.05) is 11.6 Å². The van der Waals surface area contributed by atoms with Gasteiger partial charge in [0.2, 0.25) is 0 Å². The van der Waals surface area contributed by atoms with Crippen molar-refractivity contribution in [2.24, 2.45) is 0 Å². The predicted molar refractivity (Wildman–Crippen MR) is 59.4 cm³/mol. The molecule has 0 aliphatic carbocycles. The van der Waals surface area contributed by atoms with Gasteiger partial charge in [-0.2, -0.15) is 0 Å². The highest BCUT2D eigenvalue weighted by Gasteiger charge is 2.10. The Morgan fingerprint density at radius 3 is 2.67 bits per heavy atom. The van der Waals surface area contributed by atoms with E-state index >= 15 is 0 Å². The van der Waals surface area contributed by atoms with E-state index < -0.39 is 6.10 Å². The Balaban J connectivity index is 2.94. The Labute approximate surface area is 90.6 Å². The fraction of sp³-hybridized carbons (Fsp3) is 0.500. The van der Waals surface area contributed by atoms with Crippen LogP contribution in [0.1, 0.15) is 31.9 Å². The molecule has 15 heavy (non-hydrogen) atoms. The average Bonchev–Trinajstić information content (AvgIpc) is 2.25. The summed E-state index contributed by atoms with van der Waals surface area (Å²) in [4.78, 5) is 0. The van der Waals surface area contributed by atoms with Gasteiger partial charge in [-0.15, -0.1) is 0 Å². The maximum absolute atomic E-state index is 9.55. The molecule has 1 atom stereocenters. The van der Waals surface area contributed by atoms with Crippen LogP contribution in [0.3, 0.4) is 0 Å². The molecule has 0 spiro atoms. The lowest BCUT2D eigenvalue weighted by atomic mass is 10.1. The Kier molecular flexibility index (Phi) is 4.43. The van der Waals surface area contributed by atoms with Crippen LogP contribution in [-0.4, -0.2) is 18.8 Å². The molecule has 3 nitrogen and oxygen atoms in total. The minimum atomic E-state index is -0.525. The number of aliphatic hydroxyl groups excluding tert-OH is 1. The van der Waals surface area contributed by atoms with Crippen LogP contribution >= 0.6 is 0 Å². The van der Waals surface area contributed by atoms with Crippen molar-refractivity contribution in [3.05, 3.63) is 23.8 Å². The second-order valence-corrected chi connectivity index (χ2v) is 3.43. The summed E-state index contributed by atoms with van der Waals surface area (Å²) in [6.45, 7) is 4.41. The highest BCUT2D eigenvalue weighted by atomic mass is 16.5. The molecule has 0 aliphatic rings. The van der Waals surface area contributed by atoms with E-state index in [1.807, 2.05) is 19.1 Å². The second kappa shape index (κ2) is 5.61. The van der Waals surface area contributed by atoms with Gasteiger partial charge in [0.1, 0.15) is 11.5 Å². The molecule has 0 amide bonds. The molecule has 0 aliphatic heterocycles. The number of methoxy groups -OCH3 is 1. The molecule has 1 rings (SSSR count). The first-order valence-electron chi connectivity index (χ1n) is 5.17. The number of hydrogen-bond donors (Lipinski definition) is 1. The largest absolute Gasteiger partial charge is 0.497 e. The minimum absolute atomic E-state index is 0.525. The third-order valence-electron chi connectivity index (χ3n) is 2.13. The molecule has 0 radical (unpaired) electrons. The summed E-state index contributed by atoms with van der Waals surface area (Å²) >= 11 is 0. The predicted octanol–water partition coefficient (Wildman–Crippen LogP) is 2.54. The Morgan fingerprint density at radius 1 is 1.40 bits per heavy atom.